The summed E-state index contributed by atoms with van der Waals surface area (Å²) >= 11 is 0. The second-order valence-corrected chi connectivity index (χ2v) is 10.5. The van der Waals surface area contributed by atoms with Gasteiger partial charge in [-0.05, 0) is 19.8 Å². The van der Waals surface area contributed by atoms with Gasteiger partial charge in [-0.1, -0.05) is 13.8 Å². The van der Waals surface area contributed by atoms with Gasteiger partial charge in [-0.25, -0.2) is 0 Å². The van der Waals surface area contributed by atoms with Crippen LogP contribution in [0.4, 0.5) is 8.78 Å². The monoisotopic (exact) mass is 406 g/mol. The molecule has 0 aromatic heterocycles. The van der Waals surface area contributed by atoms with Crippen LogP contribution in [0, 0.1) is 10.8 Å². The Hall–Kier alpha value is -0.850. The first-order chi connectivity index (χ1) is 11.1. The molecule has 8 nitrogen and oxygen atoms in total. The van der Waals surface area contributed by atoms with Gasteiger partial charge < -0.3 is 4.74 Å². The predicted molar refractivity (Wildman–Crippen MR) is 80.6 cm³/mol. The van der Waals surface area contributed by atoms with Crippen LogP contribution in [0.15, 0.2) is 0 Å². The zero-order valence-electron chi connectivity index (χ0n) is 14.2. The van der Waals surface area contributed by atoms with E-state index in [9.17, 15) is 30.4 Å². The highest BCUT2D eigenvalue weighted by Crippen LogP contribution is 2.65. The smallest absolute Gasteiger partial charge is 0.394 e. The molecule has 146 valence electrons. The minimum absolute atomic E-state index is 0.199. The first-order valence-corrected chi connectivity index (χ1v) is 10.3. The maximum absolute atomic E-state index is 13.5. The average Bonchev–Trinajstić information content (AvgIpc) is 2.73. The average molecular weight is 406 g/mol. The summed E-state index contributed by atoms with van der Waals surface area (Å²) < 4.78 is 86.8. The number of carbonyl (C=O) groups is 1. The number of hydrogen-bond acceptors (Lipinski definition) is 8. The molecule has 2 aliphatic rings. The van der Waals surface area contributed by atoms with Gasteiger partial charge in [0.2, 0.25) is 0 Å². The van der Waals surface area contributed by atoms with Gasteiger partial charge in [0.15, 0.2) is 0 Å². The van der Waals surface area contributed by atoms with Gasteiger partial charge in [0.25, 0.3) is 10.1 Å². The van der Waals surface area contributed by atoms with Crippen LogP contribution < -0.4 is 0 Å². The summed E-state index contributed by atoms with van der Waals surface area (Å²) in [5.74, 6) is -1.60. The van der Waals surface area contributed by atoms with Crippen molar-refractivity contribution in [3.8, 4) is 0 Å². The third-order valence-electron chi connectivity index (χ3n) is 5.67. The van der Waals surface area contributed by atoms with Gasteiger partial charge in [0.1, 0.15) is 12.2 Å². The molecule has 0 aromatic carbocycles. The minimum Gasteiger partial charge on any atom is -0.458 e. The summed E-state index contributed by atoms with van der Waals surface area (Å²) in [7, 11) is -9.44. The Morgan fingerprint density at radius 3 is 2.12 bits per heavy atom. The topological polar surface area (TPSA) is 113 Å². The summed E-state index contributed by atoms with van der Waals surface area (Å²) in [5, 5.41) is -4.55. The van der Waals surface area contributed by atoms with Gasteiger partial charge >= 0.3 is 21.3 Å². The Morgan fingerprint density at radius 2 is 1.72 bits per heavy atom. The quantitative estimate of drug-likeness (QED) is 0.455. The second-order valence-electron chi connectivity index (χ2n) is 7.05. The maximum atomic E-state index is 13.5. The van der Waals surface area contributed by atoms with Crippen molar-refractivity contribution in [1.82, 2.24) is 0 Å². The molecule has 0 aromatic rings. The van der Waals surface area contributed by atoms with Crippen molar-refractivity contribution in [1.29, 1.82) is 0 Å². The SMILES string of the molecule is COS(=O)(=O)C(F)(F)COS(=O)(=O)CC12CCC(C)(OC1=O)C2(C)C. The highest BCUT2D eigenvalue weighted by atomic mass is 32.2. The number of alkyl halides is 2. The molecule has 0 radical (unpaired) electrons. The zero-order valence-corrected chi connectivity index (χ0v) is 15.8. The standard InChI is InChI=1S/C13H20F2O8S2/c1-10(2)11(3)5-6-12(10,9(16)23-11)8-24(17,18)22-7-13(14,15)25(19,20)21-4/h5-8H2,1-4H3. The Kier molecular flexibility index (Phi) is 4.56. The van der Waals surface area contributed by atoms with Gasteiger partial charge in [-0.15, -0.1) is 0 Å². The van der Waals surface area contributed by atoms with E-state index in [4.69, 9.17) is 4.74 Å². The van der Waals surface area contributed by atoms with Crippen molar-refractivity contribution >= 4 is 26.2 Å². The molecule has 2 unspecified atom stereocenters. The Bertz CT molecular complexity index is 789. The summed E-state index contributed by atoms with van der Waals surface area (Å²) in [5.41, 5.74) is -3.16. The lowest BCUT2D eigenvalue weighted by Crippen LogP contribution is -2.45. The summed E-state index contributed by atoms with van der Waals surface area (Å²) in [6.45, 7) is 3.09. The van der Waals surface area contributed by atoms with Crippen LogP contribution in [-0.2, 0) is 38.1 Å². The third kappa shape index (κ3) is 2.86. The van der Waals surface area contributed by atoms with Gasteiger partial charge in [-0.3, -0.25) is 13.2 Å². The predicted octanol–water partition coefficient (Wildman–Crippen LogP) is 1.02. The Morgan fingerprint density at radius 1 is 1.16 bits per heavy atom. The van der Waals surface area contributed by atoms with Crippen molar-refractivity contribution in [3.63, 3.8) is 0 Å². The van der Waals surface area contributed by atoms with E-state index >= 15 is 0 Å². The van der Waals surface area contributed by atoms with Crippen molar-refractivity contribution < 1.29 is 43.5 Å². The van der Waals surface area contributed by atoms with E-state index in [1.54, 1.807) is 20.8 Å². The fourth-order valence-electron chi connectivity index (χ4n) is 3.43. The molecule has 0 amide bonds. The molecule has 1 saturated carbocycles. The van der Waals surface area contributed by atoms with E-state index in [-0.39, 0.29) is 6.42 Å². The van der Waals surface area contributed by atoms with Gasteiger partial charge in [0, 0.05) is 5.41 Å². The number of esters is 1. The molecule has 0 N–H and O–H groups in total. The number of ether oxygens (including phenoxy) is 1. The van der Waals surface area contributed by atoms with E-state index < -0.39 is 60.3 Å². The van der Waals surface area contributed by atoms with Gasteiger partial charge in [-0.2, -0.15) is 25.6 Å². The molecule has 2 atom stereocenters. The fourth-order valence-corrected chi connectivity index (χ4v) is 5.59. The molecule has 2 fully saturated rings. The lowest BCUT2D eigenvalue weighted by atomic mass is 9.67. The first kappa shape index (κ1) is 20.5. The van der Waals surface area contributed by atoms with Crippen LogP contribution in [0.3, 0.4) is 0 Å². The lowest BCUT2D eigenvalue weighted by molar-refractivity contribution is -0.158. The highest BCUT2D eigenvalue weighted by Gasteiger charge is 2.73. The van der Waals surface area contributed by atoms with Crippen LogP contribution in [0.2, 0.25) is 0 Å². The third-order valence-corrected chi connectivity index (χ3v) is 8.28. The van der Waals surface area contributed by atoms with E-state index in [0.29, 0.717) is 13.5 Å². The number of halogens is 2. The number of fused-ring (bicyclic) bond motifs is 2. The molecular formula is C13H20F2O8S2. The maximum Gasteiger partial charge on any atom is 0.394 e. The molecule has 25 heavy (non-hydrogen) atoms. The first-order valence-electron chi connectivity index (χ1n) is 7.34. The van der Waals surface area contributed by atoms with Crippen molar-refractivity contribution in [2.75, 3.05) is 19.5 Å². The number of carbonyl (C=O) groups excluding carboxylic acids is 1. The Balaban J connectivity index is 2.22. The molecule has 0 spiro atoms. The molecule has 1 aliphatic heterocycles. The van der Waals surface area contributed by atoms with E-state index in [2.05, 4.69) is 8.37 Å². The van der Waals surface area contributed by atoms with Crippen LogP contribution in [0.25, 0.3) is 0 Å². The second kappa shape index (κ2) is 5.57. The van der Waals surface area contributed by atoms with Crippen molar-refractivity contribution in [3.05, 3.63) is 0 Å². The number of hydrogen-bond donors (Lipinski definition) is 0. The number of rotatable bonds is 7. The molecular weight excluding hydrogens is 386 g/mol. The molecule has 2 rings (SSSR count). The van der Waals surface area contributed by atoms with Crippen molar-refractivity contribution in [2.45, 2.75) is 44.5 Å². The van der Waals surface area contributed by atoms with Crippen molar-refractivity contribution in [2.24, 2.45) is 10.8 Å². The Labute approximate surface area is 145 Å². The molecule has 1 heterocycles. The molecule has 12 heteroatoms. The van der Waals surface area contributed by atoms with Crippen LogP contribution in [0.1, 0.15) is 33.6 Å². The fraction of sp³-hybridized carbons (Fsp3) is 0.923. The normalized spacial score (nSPS) is 32.0. The molecule has 1 aliphatic carbocycles. The van der Waals surface area contributed by atoms with E-state index in [0.717, 1.165) is 0 Å². The van der Waals surface area contributed by atoms with E-state index in [1.165, 1.54) is 0 Å². The molecule has 2 bridgehead atoms. The van der Waals surface area contributed by atoms with Crippen LogP contribution in [0.5, 0.6) is 0 Å². The largest absolute Gasteiger partial charge is 0.458 e. The highest BCUT2D eigenvalue weighted by molar-refractivity contribution is 7.88. The lowest BCUT2D eigenvalue weighted by Gasteiger charge is -2.35. The zero-order chi connectivity index (χ0) is 19.5. The van der Waals surface area contributed by atoms with Gasteiger partial charge in [0.05, 0.1) is 18.3 Å². The van der Waals surface area contributed by atoms with Crippen LogP contribution >= 0.6 is 0 Å². The van der Waals surface area contributed by atoms with E-state index in [1.807, 2.05) is 0 Å². The minimum atomic E-state index is -5.32. The summed E-state index contributed by atoms with van der Waals surface area (Å²) in [4.78, 5) is 12.3. The molecule has 1 saturated heterocycles. The summed E-state index contributed by atoms with van der Waals surface area (Å²) in [6, 6.07) is 0. The van der Waals surface area contributed by atoms with Crippen LogP contribution in [-0.4, -0.2) is 53.1 Å². The summed E-state index contributed by atoms with van der Waals surface area (Å²) in [6.07, 6.45) is 0.625.